The molecule has 8 heteroatoms. The van der Waals surface area contributed by atoms with E-state index < -0.39 is 0 Å². The Balaban J connectivity index is 1.65. The molecule has 1 aromatic rings. The number of benzene rings is 1. The number of nitrogens with one attached hydrogen (secondary N) is 2. The molecule has 7 nitrogen and oxygen atoms in total. The number of nitrogens with two attached hydrogens (primary N) is 1. The number of hydrogen-bond donors (Lipinski definition) is 3. The van der Waals surface area contributed by atoms with Gasteiger partial charge < -0.3 is 26.0 Å². The molecule has 0 aliphatic carbocycles. The van der Waals surface area contributed by atoms with Crippen molar-refractivity contribution in [2.75, 3.05) is 39.3 Å². The van der Waals surface area contributed by atoms with E-state index in [0.717, 1.165) is 64.4 Å². The number of aliphatic imine (C=N–C) groups is 1. The number of carbonyl (C=O) groups excluding carboxylic acids is 1. The van der Waals surface area contributed by atoms with Crippen molar-refractivity contribution in [3.63, 3.8) is 0 Å². The summed E-state index contributed by atoms with van der Waals surface area (Å²) in [6, 6.07) is 6.40. The molecule has 168 valence electrons. The lowest BCUT2D eigenvalue weighted by Gasteiger charge is -2.30. The van der Waals surface area contributed by atoms with E-state index in [1.54, 1.807) is 18.2 Å². The van der Waals surface area contributed by atoms with Crippen LogP contribution < -0.4 is 21.1 Å². The normalized spacial score (nSPS) is 16.8. The zero-order chi connectivity index (χ0) is 21.8. The number of unbranched alkanes of at least 4 members (excludes halogenated alkanes) is 1. The van der Waals surface area contributed by atoms with Gasteiger partial charge in [0, 0.05) is 19.0 Å². The van der Waals surface area contributed by atoms with Crippen molar-refractivity contribution in [3.05, 3.63) is 30.1 Å². The van der Waals surface area contributed by atoms with Gasteiger partial charge in [0.25, 0.3) is 0 Å². The zero-order valence-corrected chi connectivity index (χ0v) is 18.2. The molecule has 30 heavy (non-hydrogen) atoms. The van der Waals surface area contributed by atoms with E-state index in [-0.39, 0.29) is 29.5 Å². The van der Waals surface area contributed by atoms with Gasteiger partial charge in [0.2, 0.25) is 5.91 Å². The van der Waals surface area contributed by atoms with Gasteiger partial charge in [-0.25, -0.2) is 9.38 Å². The highest BCUT2D eigenvalue weighted by Crippen LogP contribution is 2.17. The van der Waals surface area contributed by atoms with Crippen LogP contribution in [0, 0.1) is 11.7 Å². The van der Waals surface area contributed by atoms with Gasteiger partial charge in [-0.2, -0.15) is 0 Å². The van der Waals surface area contributed by atoms with Crippen LogP contribution in [0.25, 0.3) is 0 Å². The largest absolute Gasteiger partial charge is 0.486 e. The molecule has 0 aromatic heterocycles. The van der Waals surface area contributed by atoms with Gasteiger partial charge in [0.1, 0.15) is 6.10 Å². The maximum absolute atomic E-state index is 13.7. The van der Waals surface area contributed by atoms with Gasteiger partial charge in [-0.15, -0.1) is 0 Å². The number of guanidine groups is 1. The van der Waals surface area contributed by atoms with Gasteiger partial charge >= 0.3 is 0 Å². The van der Waals surface area contributed by atoms with Crippen molar-refractivity contribution in [2.45, 2.75) is 45.6 Å². The number of para-hydroxylation sites is 1. The third kappa shape index (κ3) is 8.57. The second-order valence-corrected chi connectivity index (χ2v) is 7.73. The highest BCUT2D eigenvalue weighted by molar-refractivity contribution is 5.79. The molecule has 1 unspecified atom stereocenters. The maximum Gasteiger partial charge on any atom is 0.220 e. The summed E-state index contributed by atoms with van der Waals surface area (Å²) in [5.41, 5.74) is 5.39. The van der Waals surface area contributed by atoms with Crippen LogP contribution in [0.1, 0.15) is 39.5 Å². The molecule has 0 saturated carbocycles. The molecule has 1 heterocycles. The number of piperidine rings is 1. The molecular formula is C22H36FN5O2. The maximum atomic E-state index is 13.7. The quantitative estimate of drug-likeness (QED) is 0.289. The smallest absolute Gasteiger partial charge is 0.220 e. The lowest BCUT2D eigenvalue weighted by atomic mass is 9.96. The molecule has 0 spiro atoms. The van der Waals surface area contributed by atoms with E-state index in [4.69, 9.17) is 10.5 Å². The van der Waals surface area contributed by atoms with E-state index in [9.17, 15) is 9.18 Å². The summed E-state index contributed by atoms with van der Waals surface area (Å²) in [5.74, 6) is 0.508. The molecule has 2 rings (SSSR count). The van der Waals surface area contributed by atoms with Crippen molar-refractivity contribution >= 4 is 11.9 Å². The molecule has 1 fully saturated rings. The van der Waals surface area contributed by atoms with Crippen molar-refractivity contribution in [2.24, 2.45) is 16.6 Å². The molecule has 1 aromatic carbocycles. The van der Waals surface area contributed by atoms with Crippen LogP contribution in [-0.4, -0.2) is 62.1 Å². The average molecular weight is 422 g/mol. The number of amides is 1. The second-order valence-electron chi connectivity index (χ2n) is 7.73. The Kier molecular flexibility index (Phi) is 10.4. The fraction of sp³-hybridized carbons (Fsp3) is 0.636. The predicted molar refractivity (Wildman–Crippen MR) is 118 cm³/mol. The van der Waals surface area contributed by atoms with Crippen LogP contribution in [-0.2, 0) is 4.79 Å². The van der Waals surface area contributed by atoms with Crippen LogP contribution in [0.15, 0.2) is 29.3 Å². The fourth-order valence-electron chi connectivity index (χ4n) is 3.46. The molecule has 4 N–H and O–H groups in total. The Hall–Kier alpha value is -2.35. The second kappa shape index (κ2) is 13.1. The van der Waals surface area contributed by atoms with Gasteiger partial charge in [0.05, 0.1) is 6.54 Å². The van der Waals surface area contributed by atoms with Gasteiger partial charge in [-0.1, -0.05) is 12.1 Å². The minimum absolute atomic E-state index is 0.0477. The molecule has 1 atom stereocenters. The number of primary amides is 1. The summed E-state index contributed by atoms with van der Waals surface area (Å²) in [7, 11) is 0. The minimum Gasteiger partial charge on any atom is -0.486 e. The lowest BCUT2D eigenvalue weighted by Crippen LogP contribution is -2.40. The van der Waals surface area contributed by atoms with Crippen LogP contribution in [0.5, 0.6) is 5.75 Å². The molecular weight excluding hydrogens is 385 g/mol. The number of carbonyl (C=O) groups is 1. The van der Waals surface area contributed by atoms with E-state index in [1.807, 2.05) is 13.8 Å². The van der Waals surface area contributed by atoms with Crippen LogP contribution in [0.2, 0.25) is 0 Å². The van der Waals surface area contributed by atoms with Crippen LogP contribution >= 0.6 is 0 Å². The minimum atomic E-state index is -0.364. The molecule has 0 radical (unpaired) electrons. The molecule has 0 bridgehead atoms. The van der Waals surface area contributed by atoms with Crippen LogP contribution in [0.3, 0.4) is 0 Å². The monoisotopic (exact) mass is 421 g/mol. The van der Waals surface area contributed by atoms with E-state index in [1.165, 1.54) is 6.07 Å². The topological polar surface area (TPSA) is 92.0 Å². The number of hydrogen-bond acceptors (Lipinski definition) is 4. The first-order valence-electron chi connectivity index (χ1n) is 10.9. The Morgan fingerprint density at radius 1 is 1.30 bits per heavy atom. The summed E-state index contributed by atoms with van der Waals surface area (Å²) in [5, 5.41) is 6.56. The number of nitrogens with zero attached hydrogens (tertiary/aromatic N) is 2. The SMILES string of the molecule is CCNC(=NCC(C)Oc1ccccc1F)NCCCCN1CCC(C(N)=O)CC1. The Morgan fingerprint density at radius 2 is 2.03 bits per heavy atom. The lowest BCUT2D eigenvalue weighted by molar-refractivity contribution is -0.123. The number of halogens is 1. The van der Waals surface area contributed by atoms with Gasteiger partial charge in [-0.3, -0.25) is 4.79 Å². The Labute approximate surface area is 179 Å². The Bertz CT molecular complexity index is 677. The zero-order valence-electron chi connectivity index (χ0n) is 18.2. The third-order valence-corrected chi connectivity index (χ3v) is 5.20. The first kappa shape index (κ1) is 23.9. The number of rotatable bonds is 11. The Morgan fingerprint density at radius 3 is 2.70 bits per heavy atom. The van der Waals surface area contributed by atoms with Crippen LogP contribution in [0.4, 0.5) is 4.39 Å². The third-order valence-electron chi connectivity index (χ3n) is 5.20. The first-order chi connectivity index (χ1) is 14.5. The predicted octanol–water partition coefficient (Wildman–Crippen LogP) is 2.13. The summed E-state index contributed by atoms with van der Waals surface area (Å²) >= 11 is 0. The molecule has 1 amide bonds. The fourth-order valence-corrected chi connectivity index (χ4v) is 3.46. The summed E-state index contributed by atoms with van der Waals surface area (Å²) in [6.07, 6.45) is 3.62. The molecule has 1 aliphatic heterocycles. The van der Waals surface area contributed by atoms with Gasteiger partial charge in [0.15, 0.2) is 17.5 Å². The van der Waals surface area contributed by atoms with Gasteiger partial charge in [-0.05, 0) is 71.3 Å². The highest BCUT2D eigenvalue weighted by Gasteiger charge is 2.22. The molecule has 1 aliphatic rings. The van der Waals surface area contributed by atoms with E-state index in [0.29, 0.717) is 6.54 Å². The average Bonchev–Trinajstić information content (AvgIpc) is 2.73. The van der Waals surface area contributed by atoms with Crippen molar-refractivity contribution < 1.29 is 13.9 Å². The standard InChI is InChI=1S/C22H36FN5O2/c1-3-25-22(27-16-17(2)30-20-9-5-4-8-19(20)23)26-12-6-7-13-28-14-10-18(11-15-28)21(24)29/h4-5,8-9,17-18H,3,6-7,10-16H2,1-2H3,(H2,24,29)(H2,25,26,27). The summed E-state index contributed by atoms with van der Waals surface area (Å²) < 4.78 is 19.3. The highest BCUT2D eigenvalue weighted by atomic mass is 19.1. The van der Waals surface area contributed by atoms with E-state index in [2.05, 4.69) is 20.5 Å². The van der Waals surface area contributed by atoms with Crippen molar-refractivity contribution in [1.82, 2.24) is 15.5 Å². The van der Waals surface area contributed by atoms with Crippen molar-refractivity contribution in [1.29, 1.82) is 0 Å². The van der Waals surface area contributed by atoms with E-state index >= 15 is 0 Å². The first-order valence-corrected chi connectivity index (χ1v) is 10.9. The van der Waals surface area contributed by atoms with Crippen molar-refractivity contribution in [3.8, 4) is 5.75 Å². The summed E-state index contributed by atoms with van der Waals surface area (Å²) in [4.78, 5) is 18.2. The number of ether oxygens (including phenoxy) is 1. The molecule has 1 saturated heterocycles. The summed E-state index contributed by atoms with van der Waals surface area (Å²) in [6.45, 7) is 8.85. The number of likely N-dealkylation sites (tertiary alicyclic amines) is 1.